The maximum absolute atomic E-state index is 12.1. The molecule has 1 aromatic carbocycles. The van der Waals surface area contributed by atoms with Gasteiger partial charge in [-0.2, -0.15) is 0 Å². The number of oxazole rings is 1. The lowest BCUT2D eigenvalue weighted by molar-refractivity contribution is -0.255. The molecule has 1 amide bonds. The first-order chi connectivity index (χ1) is 10.6. The smallest absolute Gasteiger partial charge is 0.257 e. The molecule has 1 aliphatic heterocycles. The first-order valence-electron chi connectivity index (χ1n) is 7.16. The summed E-state index contributed by atoms with van der Waals surface area (Å²) in [4.78, 5) is 29.0. The van der Waals surface area contributed by atoms with E-state index in [1.165, 1.54) is 30.3 Å². The van der Waals surface area contributed by atoms with E-state index in [1.807, 2.05) is 4.90 Å². The second-order valence-electron chi connectivity index (χ2n) is 5.18. The van der Waals surface area contributed by atoms with Crippen molar-refractivity contribution in [1.82, 2.24) is 9.88 Å². The topological polar surface area (TPSA) is 86.5 Å². The molecule has 2 heterocycles. The van der Waals surface area contributed by atoms with E-state index in [2.05, 4.69) is 4.98 Å². The molecule has 1 saturated heterocycles. The summed E-state index contributed by atoms with van der Waals surface area (Å²) in [6.45, 7) is 1.64. The average Bonchev–Trinajstić information content (AvgIpc) is 2.95. The van der Waals surface area contributed by atoms with Crippen LogP contribution < -0.4 is 5.11 Å². The Kier molecular flexibility index (Phi) is 4.33. The van der Waals surface area contributed by atoms with Gasteiger partial charge in [0, 0.05) is 13.1 Å². The van der Waals surface area contributed by atoms with Crippen LogP contribution >= 0.6 is 11.8 Å². The fourth-order valence-electron chi connectivity index (χ4n) is 2.45. The van der Waals surface area contributed by atoms with E-state index < -0.39 is 5.97 Å². The Morgan fingerprint density at radius 1 is 1.27 bits per heavy atom. The van der Waals surface area contributed by atoms with Crippen LogP contribution in [0.4, 0.5) is 0 Å². The summed E-state index contributed by atoms with van der Waals surface area (Å²) >= 11 is 1.23. The highest BCUT2D eigenvalue weighted by Crippen LogP contribution is 2.24. The number of aromatic nitrogens is 1. The van der Waals surface area contributed by atoms with Crippen LogP contribution in [-0.4, -0.2) is 40.6 Å². The van der Waals surface area contributed by atoms with Crippen LogP contribution in [0.15, 0.2) is 27.8 Å². The van der Waals surface area contributed by atoms with Crippen molar-refractivity contribution in [2.45, 2.75) is 24.5 Å². The maximum atomic E-state index is 12.1. The number of piperidine rings is 1. The van der Waals surface area contributed by atoms with E-state index in [4.69, 9.17) is 4.42 Å². The number of amides is 1. The molecule has 0 saturated carbocycles. The number of carboxylic acids is 1. The zero-order chi connectivity index (χ0) is 15.5. The lowest BCUT2D eigenvalue weighted by Gasteiger charge is -2.26. The van der Waals surface area contributed by atoms with Gasteiger partial charge >= 0.3 is 0 Å². The molecule has 116 valence electrons. The lowest BCUT2D eigenvalue weighted by Crippen LogP contribution is -2.36. The first-order valence-corrected chi connectivity index (χ1v) is 8.14. The average molecular weight is 319 g/mol. The fourth-order valence-corrected chi connectivity index (χ4v) is 3.19. The van der Waals surface area contributed by atoms with Gasteiger partial charge in [-0.15, -0.1) is 0 Å². The second kappa shape index (κ2) is 6.39. The molecule has 1 aromatic heterocycles. The molecular weight excluding hydrogens is 304 g/mol. The predicted molar refractivity (Wildman–Crippen MR) is 79.5 cm³/mol. The van der Waals surface area contributed by atoms with Crippen molar-refractivity contribution in [3.63, 3.8) is 0 Å². The molecule has 0 atom stereocenters. The Bertz CT molecular complexity index is 707. The molecule has 0 unspecified atom stereocenters. The lowest BCUT2D eigenvalue weighted by atomic mass is 10.1. The zero-order valence-electron chi connectivity index (χ0n) is 11.9. The highest BCUT2D eigenvalue weighted by atomic mass is 32.2. The van der Waals surface area contributed by atoms with Gasteiger partial charge in [-0.05, 0) is 43.0 Å². The van der Waals surface area contributed by atoms with Crippen LogP contribution in [0, 0.1) is 0 Å². The molecule has 7 heteroatoms. The number of carbonyl (C=O) groups excluding carboxylic acids is 2. The Labute approximate surface area is 131 Å². The van der Waals surface area contributed by atoms with E-state index in [0.717, 1.165) is 25.9 Å². The van der Waals surface area contributed by atoms with Crippen LogP contribution in [0.2, 0.25) is 0 Å². The van der Waals surface area contributed by atoms with Crippen molar-refractivity contribution in [2.24, 2.45) is 0 Å². The highest BCUT2D eigenvalue weighted by molar-refractivity contribution is 7.99. The van der Waals surface area contributed by atoms with Crippen molar-refractivity contribution in [3.8, 4) is 0 Å². The van der Waals surface area contributed by atoms with Gasteiger partial charge in [0.05, 0.1) is 11.7 Å². The van der Waals surface area contributed by atoms with Crippen molar-refractivity contribution in [1.29, 1.82) is 0 Å². The SMILES string of the molecule is O=C([O-])c1ccc2oc(SCC(=O)N3CCCCC3)nc2c1. The summed E-state index contributed by atoms with van der Waals surface area (Å²) in [7, 11) is 0. The minimum Gasteiger partial charge on any atom is -0.545 e. The van der Waals surface area contributed by atoms with Gasteiger partial charge in [-0.3, -0.25) is 4.79 Å². The third kappa shape index (κ3) is 3.24. The number of aromatic carboxylic acids is 1. The molecule has 0 radical (unpaired) electrons. The monoisotopic (exact) mass is 319 g/mol. The Morgan fingerprint density at radius 2 is 2.05 bits per heavy atom. The van der Waals surface area contributed by atoms with Crippen molar-refractivity contribution in [3.05, 3.63) is 23.8 Å². The molecule has 0 aliphatic carbocycles. The Morgan fingerprint density at radius 3 is 2.77 bits per heavy atom. The summed E-state index contributed by atoms with van der Waals surface area (Å²) in [6, 6.07) is 4.37. The zero-order valence-corrected chi connectivity index (χ0v) is 12.7. The highest BCUT2D eigenvalue weighted by Gasteiger charge is 2.17. The molecule has 0 N–H and O–H groups in total. The third-order valence-electron chi connectivity index (χ3n) is 3.63. The number of thioether (sulfide) groups is 1. The third-order valence-corrected chi connectivity index (χ3v) is 4.44. The summed E-state index contributed by atoms with van der Waals surface area (Å²) in [6.07, 6.45) is 3.30. The normalized spacial score (nSPS) is 15.2. The quantitative estimate of drug-likeness (QED) is 0.789. The van der Waals surface area contributed by atoms with Crippen molar-refractivity contribution in [2.75, 3.05) is 18.8 Å². The van der Waals surface area contributed by atoms with E-state index >= 15 is 0 Å². The molecule has 6 nitrogen and oxygen atoms in total. The largest absolute Gasteiger partial charge is 0.545 e. The summed E-state index contributed by atoms with van der Waals surface area (Å²) in [5, 5.41) is 11.2. The summed E-state index contributed by atoms with van der Waals surface area (Å²) in [5.41, 5.74) is 1.01. The van der Waals surface area contributed by atoms with Crippen molar-refractivity contribution >= 4 is 34.7 Å². The van der Waals surface area contributed by atoms with Gasteiger partial charge in [-0.1, -0.05) is 11.8 Å². The fraction of sp³-hybridized carbons (Fsp3) is 0.400. The standard InChI is InChI=1S/C15H16N2O4S/c18-13(17-6-2-1-3-7-17)9-22-15-16-11-8-10(14(19)20)4-5-12(11)21-15/h4-5,8H,1-3,6-7,9H2,(H,19,20)/p-1. The first kappa shape index (κ1) is 14.9. The molecule has 0 bridgehead atoms. The molecule has 22 heavy (non-hydrogen) atoms. The molecule has 0 spiro atoms. The number of fused-ring (bicyclic) bond motifs is 1. The molecular formula is C15H15N2O4S-. The van der Waals surface area contributed by atoms with E-state index in [9.17, 15) is 14.7 Å². The number of benzene rings is 1. The minimum absolute atomic E-state index is 0.0572. The number of likely N-dealkylation sites (tertiary alicyclic amines) is 1. The Balaban J connectivity index is 1.66. The predicted octanol–water partition coefficient (Wildman–Crippen LogP) is 1.30. The van der Waals surface area contributed by atoms with E-state index in [1.54, 1.807) is 6.07 Å². The maximum Gasteiger partial charge on any atom is 0.257 e. The van der Waals surface area contributed by atoms with Gasteiger partial charge in [0.15, 0.2) is 5.58 Å². The van der Waals surface area contributed by atoms with Crippen LogP contribution in [0.25, 0.3) is 11.1 Å². The summed E-state index contributed by atoms with van der Waals surface area (Å²) in [5.74, 6) is -0.887. The molecule has 2 aromatic rings. The van der Waals surface area contributed by atoms with Gasteiger partial charge in [0.25, 0.3) is 5.22 Å². The van der Waals surface area contributed by atoms with Gasteiger partial charge < -0.3 is 19.2 Å². The number of hydrogen-bond acceptors (Lipinski definition) is 6. The van der Waals surface area contributed by atoms with Crippen LogP contribution in [0.1, 0.15) is 29.6 Å². The summed E-state index contributed by atoms with van der Waals surface area (Å²) < 4.78 is 5.51. The number of carboxylic acid groups (broad SMARTS) is 1. The number of hydrogen-bond donors (Lipinski definition) is 0. The number of rotatable bonds is 4. The van der Waals surface area contributed by atoms with Crippen LogP contribution in [-0.2, 0) is 4.79 Å². The second-order valence-corrected chi connectivity index (χ2v) is 6.11. The van der Waals surface area contributed by atoms with Crippen LogP contribution in [0.5, 0.6) is 0 Å². The minimum atomic E-state index is -1.25. The molecule has 1 fully saturated rings. The van der Waals surface area contributed by atoms with Gasteiger partial charge in [0.1, 0.15) is 5.52 Å². The van der Waals surface area contributed by atoms with Crippen molar-refractivity contribution < 1.29 is 19.1 Å². The van der Waals surface area contributed by atoms with Gasteiger partial charge in [-0.25, -0.2) is 4.98 Å². The van der Waals surface area contributed by atoms with E-state index in [0.29, 0.717) is 16.3 Å². The van der Waals surface area contributed by atoms with Gasteiger partial charge in [0.2, 0.25) is 5.91 Å². The molecule has 1 aliphatic rings. The number of nitrogens with zero attached hydrogens (tertiary/aromatic N) is 2. The Hall–Kier alpha value is -2.02. The van der Waals surface area contributed by atoms with Crippen LogP contribution in [0.3, 0.4) is 0 Å². The molecule has 3 rings (SSSR count). The number of carbonyl (C=O) groups is 2. The van der Waals surface area contributed by atoms with E-state index in [-0.39, 0.29) is 17.2 Å².